The van der Waals surface area contributed by atoms with Gasteiger partial charge in [-0.2, -0.15) is 5.10 Å². The fourth-order valence-electron chi connectivity index (χ4n) is 2.80. The molecule has 0 spiro atoms. The molecule has 2 aromatic rings. The van der Waals surface area contributed by atoms with Gasteiger partial charge >= 0.3 is 0 Å². The van der Waals surface area contributed by atoms with Gasteiger partial charge in [0.2, 0.25) is 0 Å². The van der Waals surface area contributed by atoms with E-state index in [1.54, 1.807) is 6.21 Å². The Morgan fingerprint density at radius 3 is 2.27 bits per heavy atom. The first-order valence-electron chi connectivity index (χ1n) is 10.7. The summed E-state index contributed by atoms with van der Waals surface area (Å²) in [5.41, 5.74) is 4.94. The smallest absolute Gasteiger partial charge is 0.187 e. The molecule has 0 heterocycles. The van der Waals surface area contributed by atoms with Crippen LogP contribution < -0.4 is 20.2 Å². The minimum atomic E-state index is 0.475. The van der Waals surface area contributed by atoms with Crippen LogP contribution in [0.4, 0.5) is 0 Å². The predicted octanol–water partition coefficient (Wildman–Crippen LogP) is 5.43. The van der Waals surface area contributed by atoms with E-state index < -0.39 is 0 Å². The van der Waals surface area contributed by atoms with E-state index in [2.05, 4.69) is 22.8 Å². The lowest BCUT2D eigenvalue weighted by Gasteiger charge is -2.08. The summed E-state index contributed by atoms with van der Waals surface area (Å²) in [5.74, 6) is 1.76. The van der Waals surface area contributed by atoms with E-state index in [-0.39, 0.29) is 0 Å². The predicted molar refractivity (Wildman–Crippen MR) is 128 cm³/mol. The van der Waals surface area contributed by atoms with Crippen LogP contribution in [-0.2, 0) is 6.54 Å². The third-order valence-corrected chi connectivity index (χ3v) is 4.70. The normalized spacial score (nSPS) is 10.7. The quantitative estimate of drug-likeness (QED) is 0.193. The maximum atomic E-state index is 5.78. The minimum absolute atomic E-state index is 0.475. The minimum Gasteiger partial charge on any atom is -0.494 e. The summed E-state index contributed by atoms with van der Waals surface area (Å²) in [4.78, 5) is 0. The zero-order chi connectivity index (χ0) is 21.4. The maximum absolute atomic E-state index is 5.78. The van der Waals surface area contributed by atoms with E-state index in [1.807, 2.05) is 55.5 Å². The van der Waals surface area contributed by atoms with Gasteiger partial charge in [0.15, 0.2) is 5.11 Å². The van der Waals surface area contributed by atoms with Crippen LogP contribution in [0.1, 0.15) is 57.1 Å². The van der Waals surface area contributed by atoms with Gasteiger partial charge in [-0.05, 0) is 73.1 Å². The molecule has 0 aliphatic heterocycles. The number of hydrogen-bond donors (Lipinski definition) is 2. The van der Waals surface area contributed by atoms with Crippen LogP contribution in [0.2, 0.25) is 0 Å². The van der Waals surface area contributed by atoms with Crippen molar-refractivity contribution in [1.82, 2.24) is 10.7 Å². The molecule has 2 aromatic carbocycles. The molecule has 5 nitrogen and oxygen atoms in total. The molecular weight excluding hydrogens is 394 g/mol. The summed E-state index contributed by atoms with van der Waals surface area (Å²) in [6.07, 6.45) is 7.94. The summed E-state index contributed by atoms with van der Waals surface area (Å²) in [6.45, 7) is 6.26. The summed E-state index contributed by atoms with van der Waals surface area (Å²) < 4.78 is 11.2. The van der Waals surface area contributed by atoms with E-state index in [4.69, 9.17) is 21.7 Å². The highest BCUT2D eigenvalue weighted by Crippen LogP contribution is 2.13. The van der Waals surface area contributed by atoms with Gasteiger partial charge in [-0.15, -0.1) is 0 Å². The number of nitrogens with zero attached hydrogens (tertiary/aromatic N) is 1. The van der Waals surface area contributed by atoms with Crippen LogP contribution in [-0.4, -0.2) is 24.5 Å². The highest BCUT2D eigenvalue weighted by molar-refractivity contribution is 7.80. The molecule has 0 saturated heterocycles. The van der Waals surface area contributed by atoms with Crippen molar-refractivity contribution in [2.45, 2.75) is 52.5 Å². The maximum Gasteiger partial charge on any atom is 0.187 e. The Kier molecular flexibility index (Phi) is 11.4. The van der Waals surface area contributed by atoms with E-state index in [1.165, 1.54) is 25.7 Å². The molecule has 0 aliphatic rings. The number of benzene rings is 2. The highest BCUT2D eigenvalue weighted by atomic mass is 32.1. The summed E-state index contributed by atoms with van der Waals surface area (Å²) >= 11 is 5.26. The van der Waals surface area contributed by atoms with Crippen molar-refractivity contribution in [3.8, 4) is 11.5 Å². The number of unbranched alkanes of at least 4 members (excludes halogenated alkanes) is 4. The molecule has 0 unspecified atom stereocenters. The van der Waals surface area contributed by atoms with Crippen LogP contribution in [0.15, 0.2) is 53.6 Å². The van der Waals surface area contributed by atoms with E-state index in [9.17, 15) is 0 Å². The molecule has 30 heavy (non-hydrogen) atoms. The van der Waals surface area contributed by atoms with Gasteiger partial charge in [0.25, 0.3) is 0 Å². The van der Waals surface area contributed by atoms with Crippen molar-refractivity contribution in [1.29, 1.82) is 0 Å². The van der Waals surface area contributed by atoms with Crippen LogP contribution in [0.25, 0.3) is 0 Å². The van der Waals surface area contributed by atoms with Crippen molar-refractivity contribution in [3.63, 3.8) is 0 Å². The fourth-order valence-corrected chi connectivity index (χ4v) is 2.93. The molecule has 0 aromatic heterocycles. The lowest BCUT2D eigenvalue weighted by atomic mass is 10.2. The summed E-state index contributed by atoms with van der Waals surface area (Å²) in [7, 11) is 0. The first-order chi connectivity index (χ1) is 14.7. The third kappa shape index (κ3) is 9.74. The number of hydrogen-bond acceptors (Lipinski definition) is 4. The van der Waals surface area contributed by atoms with Gasteiger partial charge in [0, 0.05) is 6.54 Å². The molecule has 6 heteroatoms. The molecule has 2 N–H and O–H groups in total. The van der Waals surface area contributed by atoms with Crippen LogP contribution in [0.5, 0.6) is 11.5 Å². The van der Waals surface area contributed by atoms with E-state index in [0.29, 0.717) is 18.3 Å². The van der Waals surface area contributed by atoms with E-state index >= 15 is 0 Å². The Bertz CT molecular complexity index is 761. The Morgan fingerprint density at radius 1 is 0.900 bits per heavy atom. The average molecular weight is 428 g/mol. The molecule has 0 radical (unpaired) electrons. The largest absolute Gasteiger partial charge is 0.494 e. The van der Waals surface area contributed by atoms with Crippen molar-refractivity contribution < 1.29 is 9.47 Å². The second-order valence-electron chi connectivity index (χ2n) is 6.96. The second kappa shape index (κ2) is 14.4. The Labute approximate surface area is 185 Å². The van der Waals surface area contributed by atoms with Crippen LogP contribution in [0, 0.1) is 0 Å². The van der Waals surface area contributed by atoms with Gasteiger partial charge in [-0.25, -0.2) is 0 Å². The van der Waals surface area contributed by atoms with Gasteiger partial charge < -0.3 is 14.8 Å². The standard InChI is InChI=1S/C24H33N3O2S/c1-3-5-6-7-8-17-29-23-15-11-21(12-16-23)19-26-27-24(30)25-18-20-9-13-22(14-10-20)28-4-2/h9-16,19H,3-8,17-18H2,1-2H3,(H2,25,27,30). The summed E-state index contributed by atoms with van der Waals surface area (Å²) in [5, 5.41) is 7.79. The highest BCUT2D eigenvalue weighted by Gasteiger charge is 1.98. The molecule has 0 aliphatic carbocycles. The molecule has 0 saturated carbocycles. The number of ether oxygens (including phenoxy) is 2. The lowest BCUT2D eigenvalue weighted by molar-refractivity contribution is 0.304. The molecule has 2 rings (SSSR count). The fraction of sp³-hybridized carbons (Fsp3) is 0.417. The van der Waals surface area contributed by atoms with Crippen LogP contribution >= 0.6 is 12.2 Å². The summed E-state index contributed by atoms with van der Waals surface area (Å²) in [6, 6.07) is 15.8. The first-order valence-corrected chi connectivity index (χ1v) is 11.1. The van der Waals surface area contributed by atoms with Gasteiger partial charge in [-0.3, -0.25) is 5.43 Å². The Morgan fingerprint density at radius 2 is 1.57 bits per heavy atom. The van der Waals surface area contributed by atoms with Gasteiger partial charge in [-0.1, -0.05) is 44.7 Å². The Hall–Kier alpha value is -2.60. The zero-order valence-electron chi connectivity index (χ0n) is 18.0. The zero-order valence-corrected chi connectivity index (χ0v) is 18.8. The molecule has 0 atom stereocenters. The molecular formula is C24H33N3O2S. The number of rotatable bonds is 13. The molecule has 0 bridgehead atoms. The lowest BCUT2D eigenvalue weighted by Crippen LogP contribution is -2.31. The van der Waals surface area contributed by atoms with E-state index in [0.717, 1.165) is 35.7 Å². The molecule has 0 amide bonds. The first kappa shape index (κ1) is 23.7. The van der Waals surface area contributed by atoms with Crippen molar-refractivity contribution in [2.24, 2.45) is 5.10 Å². The number of thiocarbonyl (C=S) groups is 1. The van der Waals surface area contributed by atoms with Gasteiger partial charge in [0.05, 0.1) is 19.4 Å². The Balaban J connectivity index is 1.64. The van der Waals surface area contributed by atoms with Crippen LogP contribution in [0.3, 0.4) is 0 Å². The topological polar surface area (TPSA) is 54.9 Å². The average Bonchev–Trinajstić information content (AvgIpc) is 2.77. The third-order valence-electron chi connectivity index (χ3n) is 4.46. The van der Waals surface area contributed by atoms with Crippen molar-refractivity contribution in [3.05, 3.63) is 59.7 Å². The number of nitrogens with one attached hydrogen (secondary N) is 2. The van der Waals surface area contributed by atoms with Crippen molar-refractivity contribution in [2.75, 3.05) is 13.2 Å². The molecule has 162 valence electrons. The second-order valence-corrected chi connectivity index (χ2v) is 7.37. The molecule has 0 fully saturated rings. The SMILES string of the molecule is CCCCCCCOc1ccc(C=NNC(=S)NCc2ccc(OCC)cc2)cc1. The van der Waals surface area contributed by atoms with Crippen molar-refractivity contribution >= 4 is 23.5 Å². The van der Waals surface area contributed by atoms with Gasteiger partial charge in [0.1, 0.15) is 11.5 Å². The number of hydrazone groups is 1. The monoisotopic (exact) mass is 427 g/mol.